The van der Waals surface area contributed by atoms with Gasteiger partial charge >= 0.3 is 6.61 Å². The van der Waals surface area contributed by atoms with Crippen LogP contribution in [0, 0.1) is 13.8 Å². The van der Waals surface area contributed by atoms with Crippen molar-refractivity contribution in [2.45, 2.75) is 20.5 Å². The lowest BCUT2D eigenvalue weighted by atomic mass is 10.2. The van der Waals surface area contributed by atoms with Crippen molar-refractivity contribution in [1.29, 1.82) is 0 Å². The highest BCUT2D eigenvalue weighted by atomic mass is 32.1. The Morgan fingerprint density at radius 3 is 2.79 bits per heavy atom. The molecule has 0 atom stereocenters. The third kappa shape index (κ3) is 2.30. The van der Waals surface area contributed by atoms with E-state index >= 15 is 0 Å². The summed E-state index contributed by atoms with van der Waals surface area (Å²) >= 11 is 1.59. The first-order valence-electron chi connectivity index (χ1n) is 7.20. The van der Waals surface area contributed by atoms with Crippen molar-refractivity contribution >= 4 is 27.2 Å². The molecule has 5 nitrogen and oxygen atoms in total. The van der Waals surface area contributed by atoms with E-state index in [-0.39, 0.29) is 5.75 Å². The number of fused-ring (bicyclic) bond motifs is 3. The van der Waals surface area contributed by atoms with E-state index in [9.17, 15) is 8.78 Å². The third-order valence-electron chi connectivity index (χ3n) is 3.85. The molecule has 0 saturated heterocycles. The number of hydrogen-bond donors (Lipinski definition) is 0. The van der Waals surface area contributed by atoms with Crippen LogP contribution in [0.25, 0.3) is 27.3 Å². The van der Waals surface area contributed by atoms with Crippen LogP contribution in [0.1, 0.15) is 10.4 Å². The highest BCUT2D eigenvalue weighted by Crippen LogP contribution is 2.33. The molecule has 0 unspecified atom stereocenters. The number of benzene rings is 1. The Balaban J connectivity index is 1.95. The van der Waals surface area contributed by atoms with Crippen LogP contribution in [0.4, 0.5) is 8.78 Å². The molecule has 0 bridgehead atoms. The fourth-order valence-electron chi connectivity index (χ4n) is 2.61. The molecular formula is C16H12F2N4OS. The highest BCUT2D eigenvalue weighted by molar-refractivity contribution is 7.18. The third-order valence-corrected chi connectivity index (χ3v) is 4.97. The number of halogens is 2. The van der Waals surface area contributed by atoms with Crippen molar-refractivity contribution in [3.05, 3.63) is 41.0 Å². The van der Waals surface area contributed by atoms with E-state index in [0.29, 0.717) is 17.0 Å². The maximum Gasteiger partial charge on any atom is 0.387 e. The van der Waals surface area contributed by atoms with Crippen LogP contribution in [0.3, 0.4) is 0 Å². The van der Waals surface area contributed by atoms with Gasteiger partial charge in [0, 0.05) is 4.88 Å². The second-order valence-corrected chi connectivity index (χ2v) is 6.49. The van der Waals surface area contributed by atoms with Crippen molar-refractivity contribution in [1.82, 2.24) is 19.6 Å². The fourth-order valence-corrected chi connectivity index (χ4v) is 3.60. The Morgan fingerprint density at radius 1 is 1.21 bits per heavy atom. The van der Waals surface area contributed by atoms with Gasteiger partial charge in [-0.25, -0.2) is 14.5 Å². The van der Waals surface area contributed by atoms with Crippen LogP contribution in [-0.4, -0.2) is 26.2 Å². The average molecular weight is 346 g/mol. The normalized spacial score (nSPS) is 11.7. The number of aryl methyl sites for hydroxylation is 2. The average Bonchev–Trinajstić information content (AvgIpc) is 3.09. The molecule has 0 radical (unpaired) electrons. The SMILES string of the molecule is Cc1sc2ncn3nc(-c4ccccc4OC(F)F)nc3c2c1C. The van der Waals surface area contributed by atoms with Crippen molar-refractivity contribution in [3.63, 3.8) is 0 Å². The van der Waals surface area contributed by atoms with Gasteiger partial charge in [-0.3, -0.25) is 0 Å². The van der Waals surface area contributed by atoms with Crippen molar-refractivity contribution in [2.24, 2.45) is 0 Å². The smallest absolute Gasteiger partial charge is 0.387 e. The summed E-state index contributed by atoms with van der Waals surface area (Å²) in [5.74, 6) is 0.370. The molecule has 0 fully saturated rings. The van der Waals surface area contributed by atoms with Gasteiger partial charge in [0.25, 0.3) is 0 Å². The highest BCUT2D eigenvalue weighted by Gasteiger charge is 2.18. The summed E-state index contributed by atoms with van der Waals surface area (Å²) in [6.07, 6.45) is 1.58. The van der Waals surface area contributed by atoms with Crippen LogP contribution >= 0.6 is 11.3 Å². The largest absolute Gasteiger partial charge is 0.434 e. The second kappa shape index (κ2) is 5.48. The summed E-state index contributed by atoms with van der Waals surface area (Å²) < 4.78 is 31.4. The van der Waals surface area contributed by atoms with Crippen LogP contribution in [0.15, 0.2) is 30.6 Å². The number of rotatable bonds is 3. The van der Waals surface area contributed by atoms with Gasteiger partial charge in [-0.15, -0.1) is 16.4 Å². The van der Waals surface area contributed by atoms with Crippen LogP contribution in [0.2, 0.25) is 0 Å². The van der Waals surface area contributed by atoms with E-state index in [0.717, 1.165) is 20.7 Å². The van der Waals surface area contributed by atoms with E-state index in [1.165, 1.54) is 6.07 Å². The number of thiophene rings is 1. The molecule has 1 aromatic carbocycles. The molecule has 4 aromatic rings. The van der Waals surface area contributed by atoms with Gasteiger partial charge in [-0.2, -0.15) is 8.78 Å². The molecule has 0 spiro atoms. The van der Waals surface area contributed by atoms with E-state index in [2.05, 4.69) is 19.8 Å². The van der Waals surface area contributed by atoms with Gasteiger partial charge in [0.2, 0.25) is 0 Å². The van der Waals surface area contributed by atoms with Crippen molar-refractivity contribution < 1.29 is 13.5 Å². The first-order chi connectivity index (χ1) is 11.5. The van der Waals surface area contributed by atoms with Gasteiger partial charge < -0.3 is 4.74 Å². The zero-order chi connectivity index (χ0) is 16.8. The van der Waals surface area contributed by atoms with E-state index in [1.807, 2.05) is 13.8 Å². The molecule has 24 heavy (non-hydrogen) atoms. The van der Waals surface area contributed by atoms with Crippen molar-refractivity contribution in [2.75, 3.05) is 0 Å². The van der Waals surface area contributed by atoms with Gasteiger partial charge in [0.1, 0.15) is 16.9 Å². The van der Waals surface area contributed by atoms with Crippen LogP contribution in [-0.2, 0) is 0 Å². The molecule has 8 heteroatoms. The molecule has 3 heterocycles. The number of nitrogens with zero attached hydrogens (tertiary/aromatic N) is 4. The lowest BCUT2D eigenvalue weighted by molar-refractivity contribution is -0.0494. The standard InChI is InChI=1S/C16H12F2N4OS/c1-8-9(2)24-15-12(8)14-20-13(21-22(14)7-19-15)10-5-3-4-6-11(10)23-16(17)18/h3-7,16H,1-2H3. The molecule has 0 aliphatic heterocycles. The Kier molecular flexibility index (Phi) is 3.42. The number of alkyl halides is 2. The van der Waals surface area contributed by atoms with Gasteiger partial charge in [-0.05, 0) is 31.5 Å². The summed E-state index contributed by atoms with van der Waals surface area (Å²) in [4.78, 5) is 11.0. The van der Waals surface area contributed by atoms with E-state index < -0.39 is 6.61 Å². The molecule has 0 N–H and O–H groups in total. The minimum absolute atomic E-state index is 0.0471. The molecule has 4 rings (SSSR count). The minimum atomic E-state index is -2.90. The van der Waals surface area contributed by atoms with Crippen LogP contribution < -0.4 is 4.74 Å². The number of aromatic nitrogens is 4. The van der Waals surface area contributed by atoms with Gasteiger partial charge in [-0.1, -0.05) is 12.1 Å². The molecular weight excluding hydrogens is 334 g/mol. The first-order valence-corrected chi connectivity index (χ1v) is 8.01. The fraction of sp³-hybridized carbons (Fsp3) is 0.188. The summed E-state index contributed by atoms with van der Waals surface area (Å²) in [7, 11) is 0. The Labute approximate surface area is 139 Å². The summed E-state index contributed by atoms with van der Waals surface area (Å²) in [6, 6.07) is 6.49. The minimum Gasteiger partial charge on any atom is -0.434 e. The number of ether oxygens (including phenoxy) is 1. The Bertz CT molecular complexity index is 1060. The molecule has 0 aliphatic rings. The molecule has 0 saturated carbocycles. The zero-order valence-corrected chi connectivity index (χ0v) is 13.6. The first kappa shape index (κ1) is 14.9. The summed E-state index contributed by atoms with van der Waals surface area (Å²) in [6.45, 7) is 1.14. The Hall–Kier alpha value is -2.61. The number of para-hydroxylation sites is 1. The predicted octanol–water partition coefficient (Wildman–Crippen LogP) is 4.22. The van der Waals surface area contributed by atoms with Crippen molar-refractivity contribution in [3.8, 4) is 17.1 Å². The summed E-state index contributed by atoms with van der Waals surface area (Å²) in [5, 5.41) is 5.31. The maximum atomic E-state index is 12.6. The lowest BCUT2D eigenvalue weighted by Crippen LogP contribution is -2.03. The van der Waals surface area contributed by atoms with E-state index in [1.54, 1.807) is 40.4 Å². The van der Waals surface area contributed by atoms with E-state index in [4.69, 9.17) is 0 Å². The number of hydrogen-bond acceptors (Lipinski definition) is 5. The van der Waals surface area contributed by atoms with Gasteiger partial charge in [0.15, 0.2) is 11.5 Å². The zero-order valence-electron chi connectivity index (χ0n) is 12.8. The quantitative estimate of drug-likeness (QED) is 0.557. The summed E-state index contributed by atoms with van der Waals surface area (Å²) in [5.41, 5.74) is 2.17. The van der Waals surface area contributed by atoms with Crippen LogP contribution in [0.5, 0.6) is 5.75 Å². The second-order valence-electron chi connectivity index (χ2n) is 5.29. The predicted molar refractivity (Wildman–Crippen MR) is 87.7 cm³/mol. The molecule has 0 amide bonds. The topological polar surface area (TPSA) is 52.3 Å². The Morgan fingerprint density at radius 2 is 2.00 bits per heavy atom. The lowest BCUT2D eigenvalue weighted by Gasteiger charge is -2.07. The molecule has 122 valence electrons. The maximum absolute atomic E-state index is 12.6. The van der Waals surface area contributed by atoms with Gasteiger partial charge in [0.05, 0.1) is 10.9 Å². The molecule has 3 aromatic heterocycles. The monoisotopic (exact) mass is 346 g/mol. The molecule has 0 aliphatic carbocycles.